The van der Waals surface area contributed by atoms with Gasteiger partial charge in [0.15, 0.2) is 0 Å². The van der Waals surface area contributed by atoms with Crippen LogP contribution in [0.3, 0.4) is 0 Å². The van der Waals surface area contributed by atoms with E-state index in [0.29, 0.717) is 10.9 Å². The minimum atomic E-state index is -0.475. The SMILES string of the molecule is O=C(Cn1nnc2ccccc2c1=O)NCC(=O)NC1Cc2ccccc2C1. The summed E-state index contributed by atoms with van der Waals surface area (Å²) in [6.07, 6.45) is 1.58. The molecule has 142 valence electrons. The third-order valence-corrected chi connectivity index (χ3v) is 4.78. The van der Waals surface area contributed by atoms with Crippen LogP contribution >= 0.6 is 0 Å². The van der Waals surface area contributed by atoms with E-state index in [-0.39, 0.29) is 25.0 Å². The highest BCUT2D eigenvalue weighted by atomic mass is 16.2. The van der Waals surface area contributed by atoms with Gasteiger partial charge in [0.05, 0.1) is 11.9 Å². The summed E-state index contributed by atoms with van der Waals surface area (Å²) in [5.74, 6) is -0.736. The molecule has 0 atom stereocenters. The van der Waals surface area contributed by atoms with Crippen molar-refractivity contribution in [1.29, 1.82) is 0 Å². The number of benzene rings is 2. The van der Waals surface area contributed by atoms with Crippen molar-refractivity contribution < 1.29 is 9.59 Å². The lowest BCUT2D eigenvalue weighted by Gasteiger charge is -2.12. The molecule has 3 aromatic rings. The molecule has 8 nitrogen and oxygen atoms in total. The van der Waals surface area contributed by atoms with Crippen molar-refractivity contribution >= 4 is 22.7 Å². The predicted molar refractivity (Wildman–Crippen MR) is 103 cm³/mol. The molecule has 1 aliphatic rings. The van der Waals surface area contributed by atoms with Gasteiger partial charge in [0.2, 0.25) is 11.8 Å². The van der Waals surface area contributed by atoms with Crippen LogP contribution in [0.25, 0.3) is 10.9 Å². The van der Waals surface area contributed by atoms with Crippen LogP contribution in [-0.4, -0.2) is 39.4 Å². The summed E-state index contributed by atoms with van der Waals surface area (Å²) < 4.78 is 0.989. The molecule has 0 bridgehead atoms. The Morgan fingerprint density at radius 2 is 1.68 bits per heavy atom. The van der Waals surface area contributed by atoms with E-state index in [1.165, 1.54) is 11.1 Å². The van der Waals surface area contributed by atoms with Crippen LogP contribution in [0.2, 0.25) is 0 Å². The Morgan fingerprint density at radius 1 is 1.00 bits per heavy atom. The summed E-state index contributed by atoms with van der Waals surface area (Å²) in [6, 6.07) is 14.9. The quantitative estimate of drug-likeness (QED) is 0.660. The summed E-state index contributed by atoms with van der Waals surface area (Å²) >= 11 is 0. The number of nitrogens with one attached hydrogen (secondary N) is 2. The smallest absolute Gasteiger partial charge is 0.278 e. The third kappa shape index (κ3) is 3.75. The van der Waals surface area contributed by atoms with Gasteiger partial charge in [-0.15, -0.1) is 5.10 Å². The number of amides is 2. The Kier molecular flexibility index (Phi) is 4.84. The van der Waals surface area contributed by atoms with Crippen LogP contribution in [0.1, 0.15) is 11.1 Å². The molecule has 0 aliphatic heterocycles. The van der Waals surface area contributed by atoms with E-state index >= 15 is 0 Å². The first-order valence-corrected chi connectivity index (χ1v) is 9.05. The number of hydrogen-bond donors (Lipinski definition) is 2. The summed E-state index contributed by atoms with van der Waals surface area (Å²) in [6.45, 7) is -0.444. The van der Waals surface area contributed by atoms with Crippen molar-refractivity contribution in [3.05, 3.63) is 70.0 Å². The fourth-order valence-electron chi connectivity index (χ4n) is 3.44. The zero-order chi connectivity index (χ0) is 19.5. The molecule has 0 spiro atoms. The maximum atomic E-state index is 12.3. The number of fused-ring (bicyclic) bond motifs is 2. The molecule has 28 heavy (non-hydrogen) atoms. The fourth-order valence-corrected chi connectivity index (χ4v) is 3.44. The second kappa shape index (κ2) is 7.59. The van der Waals surface area contributed by atoms with Crippen molar-refractivity contribution in [2.75, 3.05) is 6.54 Å². The van der Waals surface area contributed by atoms with Crippen molar-refractivity contribution in [3.63, 3.8) is 0 Å². The van der Waals surface area contributed by atoms with Crippen LogP contribution in [0.4, 0.5) is 0 Å². The lowest BCUT2D eigenvalue weighted by atomic mass is 10.1. The molecule has 0 radical (unpaired) electrons. The van der Waals surface area contributed by atoms with Crippen LogP contribution in [0.15, 0.2) is 53.3 Å². The van der Waals surface area contributed by atoms with E-state index in [1.54, 1.807) is 24.3 Å². The number of aromatic nitrogens is 3. The Morgan fingerprint density at radius 3 is 2.43 bits per heavy atom. The number of carbonyl (C=O) groups excluding carboxylic acids is 2. The molecule has 2 N–H and O–H groups in total. The van der Waals surface area contributed by atoms with Gasteiger partial charge in [-0.1, -0.05) is 41.6 Å². The largest absolute Gasteiger partial charge is 0.351 e. The Balaban J connectivity index is 1.30. The van der Waals surface area contributed by atoms with E-state index in [4.69, 9.17) is 0 Å². The highest BCUT2D eigenvalue weighted by Gasteiger charge is 2.22. The van der Waals surface area contributed by atoms with Crippen molar-refractivity contribution in [1.82, 2.24) is 25.6 Å². The molecule has 1 aromatic heterocycles. The third-order valence-electron chi connectivity index (χ3n) is 4.78. The Labute approximate surface area is 160 Å². The van der Waals surface area contributed by atoms with Crippen LogP contribution < -0.4 is 16.2 Å². The summed E-state index contributed by atoms with van der Waals surface area (Å²) in [5.41, 5.74) is 2.56. The number of rotatable bonds is 5. The lowest BCUT2D eigenvalue weighted by Crippen LogP contribution is -2.43. The van der Waals surface area contributed by atoms with Gasteiger partial charge in [0.1, 0.15) is 12.1 Å². The van der Waals surface area contributed by atoms with E-state index in [1.807, 2.05) is 12.1 Å². The van der Waals surface area contributed by atoms with Gasteiger partial charge in [-0.2, -0.15) is 0 Å². The average molecular weight is 377 g/mol. The molecular weight excluding hydrogens is 358 g/mol. The summed E-state index contributed by atoms with van der Waals surface area (Å²) in [5, 5.41) is 13.6. The van der Waals surface area contributed by atoms with Gasteiger partial charge in [0.25, 0.3) is 5.56 Å². The van der Waals surface area contributed by atoms with E-state index in [9.17, 15) is 14.4 Å². The molecular formula is C20H19N5O3. The Hall–Kier alpha value is -3.55. The highest BCUT2D eigenvalue weighted by Crippen LogP contribution is 2.21. The zero-order valence-corrected chi connectivity index (χ0v) is 15.1. The standard InChI is InChI=1S/C20H19N5O3/c26-18(22-15-9-13-5-1-2-6-14(13)10-15)11-21-19(27)12-25-20(28)16-7-3-4-8-17(16)23-24-25/h1-8,15H,9-12H2,(H,21,27)(H,22,26). The van der Waals surface area contributed by atoms with E-state index in [0.717, 1.165) is 17.5 Å². The van der Waals surface area contributed by atoms with E-state index in [2.05, 4.69) is 33.1 Å². The van der Waals surface area contributed by atoms with Gasteiger partial charge in [-0.05, 0) is 36.1 Å². The lowest BCUT2D eigenvalue weighted by molar-refractivity contribution is -0.126. The first-order valence-electron chi connectivity index (χ1n) is 9.05. The minimum Gasteiger partial charge on any atom is -0.351 e. The summed E-state index contributed by atoms with van der Waals surface area (Å²) in [4.78, 5) is 36.6. The topological polar surface area (TPSA) is 106 Å². The molecule has 4 rings (SSSR count). The van der Waals surface area contributed by atoms with Crippen LogP contribution in [-0.2, 0) is 29.0 Å². The highest BCUT2D eigenvalue weighted by molar-refractivity contribution is 5.85. The number of hydrogen-bond acceptors (Lipinski definition) is 5. The molecule has 0 unspecified atom stereocenters. The molecule has 0 saturated carbocycles. The number of carbonyl (C=O) groups is 2. The second-order valence-electron chi connectivity index (χ2n) is 6.79. The fraction of sp³-hybridized carbons (Fsp3) is 0.250. The van der Waals surface area contributed by atoms with Gasteiger partial charge >= 0.3 is 0 Å². The molecule has 1 heterocycles. The van der Waals surface area contributed by atoms with Crippen molar-refractivity contribution in [2.24, 2.45) is 0 Å². The molecule has 2 amide bonds. The maximum absolute atomic E-state index is 12.3. The average Bonchev–Trinajstić information content (AvgIpc) is 3.11. The van der Waals surface area contributed by atoms with Gasteiger partial charge in [0, 0.05) is 6.04 Å². The molecule has 0 saturated heterocycles. The monoisotopic (exact) mass is 377 g/mol. The van der Waals surface area contributed by atoms with Crippen LogP contribution in [0.5, 0.6) is 0 Å². The minimum absolute atomic E-state index is 0.0378. The second-order valence-corrected chi connectivity index (χ2v) is 6.79. The van der Waals surface area contributed by atoms with Crippen molar-refractivity contribution in [3.8, 4) is 0 Å². The van der Waals surface area contributed by atoms with E-state index < -0.39 is 11.5 Å². The first kappa shape index (κ1) is 17.8. The van der Waals surface area contributed by atoms with Gasteiger partial charge in [-0.3, -0.25) is 14.4 Å². The molecule has 1 aliphatic carbocycles. The zero-order valence-electron chi connectivity index (χ0n) is 15.1. The maximum Gasteiger partial charge on any atom is 0.278 e. The number of nitrogens with zero attached hydrogens (tertiary/aromatic N) is 3. The molecule has 2 aromatic carbocycles. The van der Waals surface area contributed by atoms with Crippen LogP contribution in [0, 0.1) is 0 Å². The van der Waals surface area contributed by atoms with Gasteiger partial charge < -0.3 is 10.6 Å². The molecule has 8 heteroatoms. The predicted octanol–water partition coefficient (Wildman–Crippen LogP) is 0.191. The van der Waals surface area contributed by atoms with Gasteiger partial charge in [-0.25, -0.2) is 4.68 Å². The first-order chi connectivity index (χ1) is 13.6. The van der Waals surface area contributed by atoms with Crippen molar-refractivity contribution in [2.45, 2.75) is 25.4 Å². The molecule has 0 fully saturated rings. The normalized spacial score (nSPS) is 13.3. The Bertz CT molecular complexity index is 1080. The summed E-state index contributed by atoms with van der Waals surface area (Å²) in [7, 11) is 0.